The fraction of sp³-hybridized carbons (Fsp3) is 0.389. The number of rotatable bonds is 8. The summed E-state index contributed by atoms with van der Waals surface area (Å²) in [5.74, 6) is 1.66. The van der Waals surface area contributed by atoms with Gasteiger partial charge in [0.2, 0.25) is 0 Å². The van der Waals surface area contributed by atoms with E-state index >= 15 is 0 Å². The molecule has 0 N–H and O–H groups in total. The Labute approximate surface area is 132 Å². The van der Waals surface area contributed by atoms with Crippen LogP contribution in [0, 0.1) is 6.92 Å². The Morgan fingerprint density at radius 1 is 1.14 bits per heavy atom. The third kappa shape index (κ3) is 5.04. The molecule has 118 valence electrons. The van der Waals surface area contributed by atoms with E-state index in [0.29, 0.717) is 6.61 Å². The lowest BCUT2D eigenvalue weighted by atomic mass is 10.2. The molecule has 0 spiro atoms. The molecule has 4 heteroatoms. The highest BCUT2D eigenvalue weighted by Gasteiger charge is 2.00. The number of likely N-dealkylation sites (N-methyl/N-ethyl adjacent to an activating group) is 1. The zero-order valence-electron chi connectivity index (χ0n) is 13.6. The SMILES string of the molecule is CCN(CC)CCOc1ccc(C=Cc2cc(C)no2)cc1. The van der Waals surface area contributed by atoms with E-state index in [-0.39, 0.29) is 0 Å². The van der Waals surface area contributed by atoms with Crippen LogP contribution in [-0.4, -0.2) is 36.3 Å². The van der Waals surface area contributed by atoms with Crippen LogP contribution in [0.25, 0.3) is 12.2 Å². The van der Waals surface area contributed by atoms with Crippen molar-refractivity contribution >= 4 is 12.2 Å². The molecule has 2 rings (SSSR count). The summed E-state index contributed by atoms with van der Waals surface area (Å²) in [5, 5.41) is 3.85. The summed E-state index contributed by atoms with van der Waals surface area (Å²) in [6, 6.07) is 9.96. The lowest BCUT2D eigenvalue weighted by Crippen LogP contribution is -2.27. The molecule has 0 amide bonds. The average Bonchev–Trinajstić information content (AvgIpc) is 2.96. The van der Waals surface area contributed by atoms with Crippen LogP contribution in [0.1, 0.15) is 30.9 Å². The highest BCUT2D eigenvalue weighted by Crippen LogP contribution is 2.15. The van der Waals surface area contributed by atoms with Gasteiger partial charge in [0.25, 0.3) is 0 Å². The summed E-state index contributed by atoms with van der Waals surface area (Å²) in [5.41, 5.74) is 1.99. The first-order valence-corrected chi connectivity index (χ1v) is 7.78. The molecule has 0 aliphatic carbocycles. The van der Waals surface area contributed by atoms with E-state index in [2.05, 4.69) is 23.9 Å². The molecule has 1 heterocycles. The van der Waals surface area contributed by atoms with Crippen molar-refractivity contribution in [3.63, 3.8) is 0 Å². The van der Waals surface area contributed by atoms with Crippen LogP contribution >= 0.6 is 0 Å². The predicted octanol–water partition coefficient (Wildman–Crippen LogP) is 3.87. The predicted molar refractivity (Wildman–Crippen MR) is 89.9 cm³/mol. The number of aromatic nitrogens is 1. The molecule has 0 saturated heterocycles. The molecule has 22 heavy (non-hydrogen) atoms. The van der Waals surface area contributed by atoms with Gasteiger partial charge in [-0.1, -0.05) is 37.2 Å². The van der Waals surface area contributed by atoms with E-state index in [9.17, 15) is 0 Å². The maximum absolute atomic E-state index is 5.77. The Hall–Kier alpha value is -2.07. The van der Waals surface area contributed by atoms with Gasteiger partial charge >= 0.3 is 0 Å². The third-order valence-electron chi connectivity index (χ3n) is 3.54. The molecule has 1 aromatic carbocycles. The van der Waals surface area contributed by atoms with E-state index in [0.717, 1.165) is 42.4 Å². The first-order chi connectivity index (χ1) is 10.7. The molecule has 0 aliphatic rings. The number of hydrogen-bond acceptors (Lipinski definition) is 4. The van der Waals surface area contributed by atoms with Crippen LogP contribution in [0.15, 0.2) is 34.9 Å². The number of aryl methyl sites for hydroxylation is 1. The zero-order chi connectivity index (χ0) is 15.8. The third-order valence-corrected chi connectivity index (χ3v) is 3.54. The van der Waals surface area contributed by atoms with Crippen molar-refractivity contribution in [2.24, 2.45) is 0 Å². The van der Waals surface area contributed by atoms with Crippen molar-refractivity contribution in [3.05, 3.63) is 47.3 Å². The first-order valence-electron chi connectivity index (χ1n) is 7.78. The van der Waals surface area contributed by atoms with Crippen LogP contribution in [0.2, 0.25) is 0 Å². The molecule has 0 atom stereocenters. The van der Waals surface area contributed by atoms with Crippen molar-refractivity contribution in [1.82, 2.24) is 10.1 Å². The number of ether oxygens (including phenoxy) is 1. The van der Waals surface area contributed by atoms with Crippen molar-refractivity contribution in [1.29, 1.82) is 0 Å². The number of benzene rings is 1. The fourth-order valence-electron chi connectivity index (χ4n) is 2.15. The van der Waals surface area contributed by atoms with E-state index in [4.69, 9.17) is 9.26 Å². The molecule has 4 nitrogen and oxygen atoms in total. The van der Waals surface area contributed by atoms with E-state index in [1.165, 1.54) is 0 Å². The van der Waals surface area contributed by atoms with Crippen LogP contribution in [0.3, 0.4) is 0 Å². The largest absolute Gasteiger partial charge is 0.492 e. The second-order valence-electron chi connectivity index (χ2n) is 5.15. The van der Waals surface area contributed by atoms with Gasteiger partial charge in [0, 0.05) is 12.6 Å². The van der Waals surface area contributed by atoms with E-state index in [1.807, 2.05) is 49.4 Å². The first kappa shape index (κ1) is 16.3. The van der Waals surface area contributed by atoms with Gasteiger partial charge in [0.1, 0.15) is 12.4 Å². The van der Waals surface area contributed by atoms with Crippen molar-refractivity contribution in [2.45, 2.75) is 20.8 Å². The van der Waals surface area contributed by atoms with Gasteiger partial charge in [-0.15, -0.1) is 0 Å². The highest BCUT2D eigenvalue weighted by molar-refractivity contribution is 5.67. The molecule has 0 saturated carbocycles. The Morgan fingerprint density at radius 2 is 1.86 bits per heavy atom. The summed E-state index contributed by atoms with van der Waals surface area (Å²) in [7, 11) is 0. The maximum atomic E-state index is 5.77. The Bertz CT molecular complexity index is 583. The van der Waals surface area contributed by atoms with Gasteiger partial charge in [0.05, 0.1) is 5.69 Å². The highest BCUT2D eigenvalue weighted by atomic mass is 16.5. The Morgan fingerprint density at radius 3 is 2.45 bits per heavy atom. The Kier molecular flexibility index (Phi) is 6.22. The summed E-state index contributed by atoms with van der Waals surface area (Å²) in [6.07, 6.45) is 3.91. The maximum Gasteiger partial charge on any atom is 0.159 e. The zero-order valence-corrected chi connectivity index (χ0v) is 13.6. The van der Waals surface area contributed by atoms with Gasteiger partial charge < -0.3 is 14.2 Å². The van der Waals surface area contributed by atoms with Crippen molar-refractivity contribution in [2.75, 3.05) is 26.2 Å². The normalized spacial score (nSPS) is 11.5. The van der Waals surface area contributed by atoms with Crippen LogP contribution < -0.4 is 4.74 Å². The van der Waals surface area contributed by atoms with Crippen LogP contribution in [-0.2, 0) is 0 Å². The molecule has 2 aromatic rings. The van der Waals surface area contributed by atoms with Crippen LogP contribution in [0.4, 0.5) is 0 Å². The standard InChI is InChI=1S/C18H24N2O2/c1-4-20(5-2)12-13-21-17-9-6-16(7-10-17)8-11-18-14-15(3)19-22-18/h6-11,14H,4-5,12-13H2,1-3H3. The van der Waals surface area contributed by atoms with Gasteiger partial charge in [-0.2, -0.15) is 0 Å². The van der Waals surface area contributed by atoms with Gasteiger partial charge in [-0.25, -0.2) is 0 Å². The van der Waals surface area contributed by atoms with E-state index < -0.39 is 0 Å². The Balaban J connectivity index is 1.83. The minimum atomic E-state index is 0.716. The summed E-state index contributed by atoms with van der Waals surface area (Å²) in [6.45, 7) is 10.0. The lowest BCUT2D eigenvalue weighted by molar-refractivity contribution is 0.223. The van der Waals surface area contributed by atoms with Gasteiger partial charge in [-0.3, -0.25) is 0 Å². The monoisotopic (exact) mass is 300 g/mol. The summed E-state index contributed by atoms with van der Waals surface area (Å²) < 4.78 is 10.9. The summed E-state index contributed by atoms with van der Waals surface area (Å²) in [4.78, 5) is 2.34. The number of nitrogens with zero attached hydrogens (tertiary/aromatic N) is 2. The second kappa shape index (κ2) is 8.39. The molecule has 0 bridgehead atoms. The van der Waals surface area contributed by atoms with Crippen molar-refractivity contribution < 1.29 is 9.26 Å². The minimum absolute atomic E-state index is 0.716. The average molecular weight is 300 g/mol. The molecular weight excluding hydrogens is 276 g/mol. The van der Waals surface area contributed by atoms with Gasteiger partial charge in [0.15, 0.2) is 5.76 Å². The number of hydrogen-bond donors (Lipinski definition) is 0. The van der Waals surface area contributed by atoms with Gasteiger partial charge in [-0.05, 0) is 43.8 Å². The smallest absolute Gasteiger partial charge is 0.159 e. The quantitative estimate of drug-likeness (QED) is 0.741. The second-order valence-corrected chi connectivity index (χ2v) is 5.15. The van der Waals surface area contributed by atoms with E-state index in [1.54, 1.807) is 0 Å². The molecular formula is C18H24N2O2. The van der Waals surface area contributed by atoms with Crippen LogP contribution in [0.5, 0.6) is 5.75 Å². The summed E-state index contributed by atoms with van der Waals surface area (Å²) >= 11 is 0. The minimum Gasteiger partial charge on any atom is -0.492 e. The lowest BCUT2D eigenvalue weighted by Gasteiger charge is -2.17. The van der Waals surface area contributed by atoms with Crippen molar-refractivity contribution in [3.8, 4) is 5.75 Å². The topological polar surface area (TPSA) is 38.5 Å². The fourth-order valence-corrected chi connectivity index (χ4v) is 2.15. The molecule has 0 fully saturated rings. The molecule has 0 unspecified atom stereocenters. The molecule has 0 aliphatic heterocycles. The molecule has 1 aromatic heterocycles. The molecule has 0 radical (unpaired) electrons.